The molecule has 9 heteroatoms. The summed E-state index contributed by atoms with van der Waals surface area (Å²) in [7, 11) is 2.10. The fraction of sp³-hybridized carbons (Fsp3) is 0.552. The summed E-state index contributed by atoms with van der Waals surface area (Å²) in [6.45, 7) is 5.52. The number of likely N-dealkylation sites (tertiary alicyclic amines) is 1. The third-order valence-electron chi connectivity index (χ3n) is 9.30. The molecule has 1 aliphatic heterocycles. The van der Waals surface area contributed by atoms with Gasteiger partial charge in [0.2, 0.25) is 5.78 Å². The first kappa shape index (κ1) is 26.4. The molecule has 1 aromatic carbocycles. The van der Waals surface area contributed by atoms with Gasteiger partial charge in [0, 0.05) is 17.4 Å². The fourth-order valence-electron chi connectivity index (χ4n) is 7.32. The van der Waals surface area contributed by atoms with Crippen molar-refractivity contribution in [3.05, 3.63) is 45.7 Å². The number of nitrogens with two attached hydrogens (primary N) is 1. The number of carbonyl (C=O) groups is 3. The molecule has 204 valence electrons. The summed E-state index contributed by atoms with van der Waals surface area (Å²) < 4.78 is 0. The summed E-state index contributed by atoms with van der Waals surface area (Å²) in [5.41, 5.74) is 3.88. The Morgan fingerprint density at radius 1 is 1.16 bits per heavy atom. The molecule has 38 heavy (non-hydrogen) atoms. The summed E-state index contributed by atoms with van der Waals surface area (Å²) in [5.74, 6) is -6.85. The summed E-state index contributed by atoms with van der Waals surface area (Å²) >= 11 is 0. The van der Waals surface area contributed by atoms with Crippen LogP contribution in [0.4, 0.5) is 0 Å². The molecule has 0 radical (unpaired) electrons. The predicted molar refractivity (Wildman–Crippen MR) is 139 cm³/mol. The third-order valence-corrected chi connectivity index (χ3v) is 9.30. The van der Waals surface area contributed by atoms with Crippen LogP contribution in [0.25, 0.3) is 5.76 Å². The van der Waals surface area contributed by atoms with Gasteiger partial charge in [-0.1, -0.05) is 19.9 Å². The maximum absolute atomic E-state index is 13.9. The monoisotopic (exact) mass is 524 g/mol. The van der Waals surface area contributed by atoms with Gasteiger partial charge in [-0.05, 0) is 87.2 Å². The lowest BCUT2D eigenvalue weighted by Crippen LogP contribution is -2.62. The maximum Gasteiger partial charge on any atom is 0.255 e. The topological polar surface area (TPSA) is 161 Å². The van der Waals surface area contributed by atoms with E-state index in [1.54, 1.807) is 13.8 Å². The fourth-order valence-corrected chi connectivity index (χ4v) is 7.32. The molecule has 5 rings (SSSR count). The first-order valence-corrected chi connectivity index (χ1v) is 13.4. The first-order chi connectivity index (χ1) is 17.9. The number of aromatic hydroxyl groups is 1. The molecule has 0 aromatic heterocycles. The normalized spacial score (nSPS) is 30.4. The Morgan fingerprint density at radius 3 is 2.42 bits per heavy atom. The molecule has 1 aromatic rings. The van der Waals surface area contributed by atoms with Gasteiger partial charge in [-0.25, -0.2) is 0 Å². The van der Waals surface area contributed by atoms with Crippen molar-refractivity contribution in [2.75, 3.05) is 20.1 Å². The number of benzene rings is 1. The Bertz CT molecular complexity index is 1290. The van der Waals surface area contributed by atoms with Gasteiger partial charge in [-0.3, -0.25) is 14.4 Å². The van der Waals surface area contributed by atoms with Gasteiger partial charge in [0.05, 0.1) is 5.56 Å². The lowest BCUT2D eigenvalue weighted by Gasteiger charge is -2.50. The minimum Gasteiger partial charge on any atom is -0.508 e. The highest BCUT2D eigenvalue weighted by Gasteiger charge is 2.64. The number of nitrogens with zero attached hydrogens (tertiary/aromatic N) is 1. The zero-order valence-electron chi connectivity index (χ0n) is 22.0. The van der Waals surface area contributed by atoms with E-state index in [-0.39, 0.29) is 29.2 Å². The van der Waals surface area contributed by atoms with Crippen LogP contribution in [0.1, 0.15) is 49.8 Å². The highest BCUT2D eigenvalue weighted by molar-refractivity contribution is 6.23. The van der Waals surface area contributed by atoms with Crippen LogP contribution >= 0.6 is 0 Å². The van der Waals surface area contributed by atoms with Crippen molar-refractivity contribution in [2.24, 2.45) is 35.3 Å². The number of aliphatic hydroxyl groups excluding tert-OH is 2. The second kappa shape index (κ2) is 9.24. The number of fused-ring (bicyclic) bond motifs is 3. The van der Waals surface area contributed by atoms with E-state index < -0.39 is 57.9 Å². The molecule has 3 aliphatic carbocycles. The van der Waals surface area contributed by atoms with E-state index in [1.807, 2.05) is 6.07 Å². The van der Waals surface area contributed by atoms with Crippen molar-refractivity contribution in [1.82, 2.24) is 4.90 Å². The molecule has 4 atom stereocenters. The molecular formula is C29H36N2O7. The van der Waals surface area contributed by atoms with E-state index in [2.05, 4.69) is 11.9 Å². The number of hydrogen-bond donors (Lipinski definition) is 5. The SMILES string of the molecule is CC(C)[C@@H]1C(=O)C(C(N)=O)=C(O)[C@@]2(O)C(=O)C3=C(O)c4c(O)ccc(CC5CCN(C)CC5)c4C[C@H]3C[C@@H]12. The number of piperidine rings is 1. The highest BCUT2D eigenvalue weighted by Crippen LogP contribution is 2.55. The first-order valence-electron chi connectivity index (χ1n) is 13.4. The molecule has 6 N–H and O–H groups in total. The molecule has 9 nitrogen and oxygen atoms in total. The smallest absolute Gasteiger partial charge is 0.255 e. The van der Waals surface area contributed by atoms with E-state index in [0.717, 1.165) is 43.5 Å². The molecule has 0 bridgehead atoms. The Hall–Kier alpha value is -3.17. The van der Waals surface area contributed by atoms with Gasteiger partial charge >= 0.3 is 0 Å². The van der Waals surface area contributed by atoms with Crippen LogP contribution in [0.15, 0.2) is 29.0 Å². The second-order valence-electron chi connectivity index (χ2n) is 11.9. The Labute approximate surface area is 221 Å². The van der Waals surface area contributed by atoms with Crippen LogP contribution in [0.5, 0.6) is 5.75 Å². The summed E-state index contributed by atoms with van der Waals surface area (Å²) in [5, 5.41) is 44.8. The van der Waals surface area contributed by atoms with Crippen LogP contribution in [-0.4, -0.2) is 68.5 Å². The van der Waals surface area contributed by atoms with Gasteiger partial charge in [-0.15, -0.1) is 0 Å². The van der Waals surface area contributed by atoms with Gasteiger partial charge in [0.15, 0.2) is 11.4 Å². The predicted octanol–water partition coefficient (Wildman–Crippen LogP) is 2.19. The Morgan fingerprint density at radius 2 is 1.82 bits per heavy atom. The minimum absolute atomic E-state index is 0.102. The van der Waals surface area contributed by atoms with Gasteiger partial charge < -0.3 is 31.1 Å². The molecule has 2 fully saturated rings. The zero-order valence-corrected chi connectivity index (χ0v) is 22.0. The van der Waals surface area contributed by atoms with Crippen LogP contribution in [0.3, 0.4) is 0 Å². The van der Waals surface area contributed by atoms with E-state index in [0.29, 0.717) is 12.3 Å². The quantitative estimate of drug-likeness (QED) is 0.375. The molecule has 0 spiro atoms. The zero-order chi connectivity index (χ0) is 27.7. The minimum atomic E-state index is -2.58. The third kappa shape index (κ3) is 3.78. The Kier molecular flexibility index (Phi) is 6.43. The number of Topliss-reactive ketones (excluding diaryl/α,β-unsaturated/α-hetero) is 2. The van der Waals surface area contributed by atoms with Gasteiger partial charge in [-0.2, -0.15) is 0 Å². The van der Waals surface area contributed by atoms with Gasteiger partial charge in [0.1, 0.15) is 22.8 Å². The summed E-state index contributed by atoms with van der Waals surface area (Å²) in [6, 6.07) is 3.39. The molecule has 1 amide bonds. The van der Waals surface area contributed by atoms with E-state index in [1.165, 1.54) is 6.07 Å². The van der Waals surface area contributed by atoms with Crippen LogP contribution in [0.2, 0.25) is 0 Å². The number of phenolic OH excluding ortho intramolecular Hbond substituents is 1. The summed E-state index contributed by atoms with van der Waals surface area (Å²) in [4.78, 5) is 41.6. The molecule has 1 saturated carbocycles. The number of rotatable bonds is 4. The van der Waals surface area contributed by atoms with Crippen LogP contribution in [-0.2, 0) is 27.2 Å². The molecular weight excluding hydrogens is 488 g/mol. The van der Waals surface area contributed by atoms with Crippen LogP contribution < -0.4 is 5.73 Å². The molecule has 0 unspecified atom stereocenters. The maximum atomic E-state index is 13.9. The number of hydrogen-bond acceptors (Lipinski definition) is 8. The number of primary amides is 1. The lowest BCUT2D eigenvalue weighted by molar-refractivity contribution is -0.155. The molecule has 1 heterocycles. The average molecular weight is 525 g/mol. The van der Waals surface area contributed by atoms with E-state index >= 15 is 0 Å². The van der Waals surface area contributed by atoms with Crippen molar-refractivity contribution < 1.29 is 34.8 Å². The van der Waals surface area contributed by atoms with E-state index in [4.69, 9.17) is 5.73 Å². The van der Waals surface area contributed by atoms with Crippen molar-refractivity contribution in [3.8, 4) is 5.75 Å². The molecule has 1 saturated heterocycles. The average Bonchev–Trinajstić information content (AvgIpc) is 2.84. The largest absolute Gasteiger partial charge is 0.508 e. The number of phenols is 1. The van der Waals surface area contributed by atoms with Gasteiger partial charge in [0.25, 0.3) is 5.91 Å². The van der Waals surface area contributed by atoms with Crippen molar-refractivity contribution >= 4 is 23.2 Å². The molecule has 4 aliphatic rings. The number of aliphatic hydroxyl groups is 3. The van der Waals surface area contributed by atoms with Crippen molar-refractivity contribution in [1.29, 1.82) is 0 Å². The van der Waals surface area contributed by atoms with Crippen molar-refractivity contribution in [3.63, 3.8) is 0 Å². The number of ketones is 2. The van der Waals surface area contributed by atoms with Crippen molar-refractivity contribution in [2.45, 2.75) is 51.6 Å². The van der Waals surface area contributed by atoms with E-state index in [9.17, 15) is 34.8 Å². The summed E-state index contributed by atoms with van der Waals surface area (Å²) in [6.07, 6.45) is 3.35. The Balaban J connectivity index is 1.62. The highest BCUT2D eigenvalue weighted by atomic mass is 16.3. The standard InChI is InChI=1S/C29H36N2O7/c1-13(2)20-18-12-16-11-17-15(10-14-6-8-31(3)9-7-14)4-5-19(32)22(17)25(34)21(16)26(35)29(18,38)27(36)23(24(20)33)28(30)37/h4-5,13-14,16,18,20,32,34,36,38H,6-12H2,1-3H3,(H2,30,37)/t16-,18-,20-,29-/m0/s1. The number of amides is 1. The van der Waals surface area contributed by atoms with Crippen LogP contribution in [0, 0.1) is 29.6 Å². The lowest BCUT2D eigenvalue weighted by atomic mass is 9.54. The second-order valence-corrected chi connectivity index (χ2v) is 11.9. The number of carbonyl (C=O) groups excluding carboxylic acids is 3.